The first-order valence-electron chi connectivity index (χ1n) is 14.0. The number of carbonyl (C=O) groups is 1. The van der Waals surface area contributed by atoms with Crippen LogP contribution in [-0.4, -0.2) is 43.9 Å². The van der Waals surface area contributed by atoms with Crippen molar-refractivity contribution in [3.63, 3.8) is 0 Å². The van der Waals surface area contributed by atoms with Gasteiger partial charge in [0.25, 0.3) is 0 Å². The molecule has 40 heavy (non-hydrogen) atoms. The van der Waals surface area contributed by atoms with E-state index in [1.807, 2.05) is 12.1 Å². The van der Waals surface area contributed by atoms with Gasteiger partial charge in [0.05, 0.1) is 19.2 Å². The molecule has 0 aliphatic heterocycles. The number of aryl methyl sites for hydroxylation is 2. The highest BCUT2D eigenvalue weighted by atomic mass is 35.5. The van der Waals surface area contributed by atoms with Gasteiger partial charge in [0.1, 0.15) is 5.75 Å². The summed E-state index contributed by atoms with van der Waals surface area (Å²) < 4.78 is 8.50. The van der Waals surface area contributed by atoms with Crippen molar-refractivity contribution in [2.24, 2.45) is 18.9 Å². The van der Waals surface area contributed by atoms with Gasteiger partial charge in [-0.05, 0) is 86.3 Å². The maximum atomic E-state index is 12.2. The number of imidazole rings is 1. The van der Waals surface area contributed by atoms with Crippen LogP contribution in [-0.2, 0) is 31.4 Å². The van der Waals surface area contributed by atoms with Gasteiger partial charge in [-0.3, -0.25) is 18.8 Å². The number of aromatic hydroxyl groups is 1. The van der Waals surface area contributed by atoms with E-state index in [4.69, 9.17) is 16.3 Å². The summed E-state index contributed by atoms with van der Waals surface area (Å²) in [7, 11) is 3.30. The molecule has 1 aliphatic carbocycles. The molecule has 1 unspecified atom stereocenters. The van der Waals surface area contributed by atoms with Crippen LogP contribution in [0, 0.1) is 11.8 Å². The molecule has 1 fully saturated rings. The third-order valence-corrected chi connectivity index (χ3v) is 8.52. The van der Waals surface area contributed by atoms with Crippen molar-refractivity contribution in [2.75, 3.05) is 13.7 Å². The van der Waals surface area contributed by atoms with Crippen molar-refractivity contribution in [3.8, 4) is 11.6 Å². The molecule has 2 N–H and O–H groups in total. The van der Waals surface area contributed by atoms with E-state index < -0.39 is 5.97 Å². The molecule has 1 heterocycles. The molecular weight excluding hydrogens is 530 g/mol. The van der Waals surface area contributed by atoms with Crippen LogP contribution in [0.2, 0.25) is 5.02 Å². The molecule has 0 saturated heterocycles. The summed E-state index contributed by atoms with van der Waals surface area (Å²) in [6, 6.07) is 14.4. The van der Waals surface area contributed by atoms with Crippen LogP contribution in [0.5, 0.6) is 11.6 Å². The minimum atomic E-state index is -0.676. The second-order valence-corrected chi connectivity index (χ2v) is 11.4. The van der Waals surface area contributed by atoms with Gasteiger partial charge in [0.15, 0.2) is 0 Å². The van der Waals surface area contributed by atoms with Crippen molar-refractivity contribution in [1.29, 1.82) is 0 Å². The third-order valence-electron chi connectivity index (χ3n) is 8.27. The predicted molar refractivity (Wildman–Crippen MR) is 156 cm³/mol. The molecule has 9 heteroatoms. The topological polar surface area (TPSA) is 96.9 Å². The molecule has 216 valence electrons. The van der Waals surface area contributed by atoms with E-state index in [0.29, 0.717) is 30.3 Å². The highest BCUT2D eigenvalue weighted by molar-refractivity contribution is 6.30. The van der Waals surface area contributed by atoms with Crippen LogP contribution >= 0.6 is 11.6 Å². The van der Waals surface area contributed by atoms with Crippen molar-refractivity contribution in [1.82, 2.24) is 14.0 Å². The number of carboxylic acid groups (broad SMARTS) is 1. The summed E-state index contributed by atoms with van der Waals surface area (Å²) in [5, 5.41) is 20.1. The first-order valence-corrected chi connectivity index (χ1v) is 14.4. The average molecular weight is 570 g/mol. The maximum Gasteiger partial charge on any atom is 0.330 e. The minimum absolute atomic E-state index is 0.0267. The first-order chi connectivity index (χ1) is 19.2. The number of hydrogen-bond acceptors (Lipinski definition) is 5. The monoisotopic (exact) mass is 569 g/mol. The van der Waals surface area contributed by atoms with Crippen molar-refractivity contribution in [3.05, 3.63) is 80.9 Å². The lowest BCUT2D eigenvalue weighted by Crippen LogP contribution is -2.34. The van der Waals surface area contributed by atoms with E-state index in [2.05, 4.69) is 42.2 Å². The van der Waals surface area contributed by atoms with Gasteiger partial charge in [0, 0.05) is 37.7 Å². The quantitative estimate of drug-likeness (QED) is 0.293. The van der Waals surface area contributed by atoms with Crippen molar-refractivity contribution in [2.45, 2.75) is 64.6 Å². The van der Waals surface area contributed by atoms with Crippen LogP contribution in [0.4, 0.5) is 0 Å². The number of halogens is 1. The zero-order valence-electron chi connectivity index (χ0n) is 23.6. The Morgan fingerprint density at radius 1 is 1.15 bits per heavy atom. The predicted octanol–water partition coefficient (Wildman–Crippen LogP) is 5.64. The Bertz CT molecular complexity index is 1340. The number of rotatable bonds is 12. The van der Waals surface area contributed by atoms with E-state index >= 15 is 0 Å². The lowest BCUT2D eigenvalue weighted by Gasteiger charge is -2.35. The second kappa shape index (κ2) is 13.4. The minimum Gasteiger partial charge on any atom is -0.496 e. The van der Waals surface area contributed by atoms with Crippen LogP contribution in [0.3, 0.4) is 0 Å². The number of benzene rings is 2. The summed E-state index contributed by atoms with van der Waals surface area (Å²) in [5.74, 6) is 0.331. The fourth-order valence-corrected chi connectivity index (χ4v) is 5.91. The molecule has 1 saturated carbocycles. The van der Waals surface area contributed by atoms with Crippen LogP contribution in [0.15, 0.2) is 53.5 Å². The molecule has 1 aromatic heterocycles. The summed E-state index contributed by atoms with van der Waals surface area (Å²) >= 11 is 6.15. The fourth-order valence-electron chi connectivity index (χ4n) is 5.79. The smallest absolute Gasteiger partial charge is 0.330 e. The molecule has 3 aromatic rings. The standard InChI is InChI=1S/C31H40ClN3O5/c1-21(24-12-14-27(32)15-13-24)34(18-22-6-10-26(11-7-22)30(37)38)19-23-8-9-25(28(17-23)40-3)5-4-16-35-29(36)20-33(2)31(35)39/h8-9,12-15,17,20-22,26,36H,4-7,10-11,16,18-19H2,1-3H3,(H,37,38). The number of aliphatic carboxylic acids is 1. The van der Waals surface area contributed by atoms with E-state index in [9.17, 15) is 19.8 Å². The lowest BCUT2D eigenvalue weighted by molar-refractivity contribution is -0.143. The van der Waals surface area contributed by atoms with Crippen molar-refractivity contribution >= 4 is 17.6 Å². The van der Waals surface area contributed by atoms with Crippen molar-refractivity contribution < 1.29 is 19.7 Å². The van der Waals surface area contributed by atoms with E-state index in [1.54, 1.807) is 14.2 Å². The molecule has 1 aliphatic rings. The van der Waals surface area contributed by atoms with Gasteiger partial charge in [-0.25, -0.2) is 4.79 Å². The summed E-state index contributed by atoms with van der Waals surface area (Å²) in [6.45, 7) is 4.24. The van der Waals surface area contributed by atoms with Crippen LogP contribution in [0.1, 0.15) is 61.8 Å². The molecule has 1 atom stereocenters. The number of ether oxygens (including phenoxy) is 1. The Kier molecular flexibility index (Phi) is 9.98. The molecule has 0 amide bonds. The normalized spacial score (nSPS) is 18.1. The molecule has 0 bridgehead atoms. The second-order valence-electron chi connectivity index (χ2n) is 11.0. The number of aromatic nitrogens is 2. The van der Waals surface area contributed by atoms with Gasteiger partial charge < -0.3 is 14.9 Å². The highest BCUT2D eigenvalue weighted by Crippen LogP contribution is 2.33. The lowest BCUT2D eigenvalue weighted by atomic mass is 9.81. The Labute approximate surface area is 240 Å². The summed E-state index contributed by atoms with van der Waals surface area (Å²) in [4.78, 5) is 26.1. The summed E-state index contributed by atoms with van der Waals surface area (Å²) in [6.07, 6.45) is 6.13. The Balaban J connectivity index is 1.47. The zero-order chi connectivity index (χ0) is 28.8. The summed E-state index contributed by atoms with van der Waals surface area (Å²) in [5.41, 5.74) is 3.15. The third kappa shape index (κ3) is 7.29. The van der Waals surface area contributed by atoms with E-state index in [1.165, 1.54) is 20.9 Å². The number of methoxy groups -OCH3 is 1. The molecular formula is C31H40ClN3O5. The Morgan fingerprint density at radius 2 is 1.85 bits per heavy atom. The molecule has 2 aromatic carbocycles. The zero-order valence-corrected chi connectivity index (χ0v) is 24.3. The molecule has 0 spiro atoms. The fraction of sp³-hybridized carbons (Fsp3) is 0.484. The van der Waals surface area contributed by atoms with Gasteiger partial charge in [0.2, 0.25) is 5.88 Å². The number of hydrogen-bond donors (Lipinski definition) is 2. The van der Waals surface area contributed by atoms with Gasteiger partial charge >= 0.3 is 11.7 Å². The maximum absolute atomic E-state index is 12.2. The Morgan fingerprint density at radius 3 is 2.45 bits per heavy atom. The number of carboxylic acids is 1. The average Bonchev–Trinajstić information content (AvgIpc) is 3.19. The van der Waals surface area contributed by atoms with E-state index in [0.717, 1.165) is 55.6 Å². The van der Waals surface area contributed by atoms with Gasteiger partial charge in [-0.15, -0.1) is 0 Å². The SMILES string of the molecule is COc1cc(CN(CC2CCC(C(=O)O)CC2)C(C)c2ccc(Cl)cc2)ccc1CCCn1c(O)cn(C)c1=O. The van der Waals surface area contributed by atoms with Crippen LogP contribution in [0.25, 0.3) is 0 Å². The van der Waals surface area contributed by atoms with E-state index in [-0.39, 0.29) is 23.5 Å². The molecule has 8 nitrogen and oxygen atoms in total. The van der Waals surface area contributed by atoms with Crippen LogP contribution < -0.4 is 10.4 Å². The first kappa shape index (κ1) is 29.7. The van der Waals surface area contributed by atoms with Gasteiger partial charge in [-0.1, -0.05) is 35.9 Å². The highest BCUT2D eigenvalue weighted by Gasteiger charge is 2.28. The Hall–Kier alpha value is -3.23. The molecule has 0 radical (unpaired) electrons. The van der Waals surface area contributed by atoms with Gasteiger partial charge in [-0.2, -0.15) is 0 Å². The number of nitrogens with zero attached hydrogens (tertiary/aromatic N) is 3. The molecule has 4 rings (SSSR count). The largest absolute Gasteiger partial charge is 0.496 e.